The zero-order valence-electron chi connectivity index (χ0n) is 11.5. The lowest BCUT2D eigenvalue weighted by atomic mass is 10.1. The van der Waals surface area contributed by atoms with E-state index in [0.29, 0.717) is 10.6 Å². The van der Waals surface area contributed by atoms with E-state index in [-0.39, 0.29) is 22.6 Å². The number of aryl methyl sites for hydroxylation is 1. The van der Waals surface area contributed by atoms with Crippen LogP contribution in [0.5, 0.6) is 0 Å². The molecule has 21 heavy (non-hydrogen) atoms. The van der Waals surface area contributed by atoms with Crippen LogP contribution in [0.15, 0.2) is 36.4 Å². The van der Waals surface area contributed by atoms with Gasteiger partial charge in [-0.2, -0.15) is 0 Å². The molecule has 1 fully saturated rings. The Balaban J connectivity index is 1.66. The van der Waals surface area contributed by atoms with Crippen molar-refractivity contribution in [3.05, 3.63) is 52.4 Å². The van der Waals surface area contributed by atoms with Gasteiger partial charge in [0.15, 0.2) is 0 Å². The number of aromatic carboxylic acids is 1. The highest BCUT2D eigenvalue weighted by molar-refractivity contribution is 7.18. The summed E-state index contributed by atoms with van der Waals surface area (Å²) in [5.74, 6) is -0.706. The molecule has 4 nitrogen and oxygen atoms in total. The van der Waals surface area contributed by atoms with E-state index in [1.165, 1.54) is 5.56 Å². The number of rotatable bonds is 4. The fourth-order valence-corrected chi connectivity index (χ4v) is 3.44. The first kappa shape index (κ1) is 13.8. The number of carbonyl (C=O) groups excluding carboxylic acids is 1. The molecule has 0 bridgehead atoms. The van der Waals surface area contributed by atoms with Gasteiger partial charge in [0.25, 0.3) is 0 Å². The Hall–Kier alpha value is -2.14. The maximum atomic E-state index is 12.2. The van der Waals surface area contributed by atoms with Crippen molar-refractivity contribution >= 4 is 28.2 Å². The summed E-state index contributed by atoms with van der Waals surface area (Å²) in [5.41, 5.74) is 1.87. The molecular weight excluding hydrogens is 286 g/mol. The second-order valence-corrected chi connectivity index (χ2v) is 6.33. The first-order chi connectivity index (χ1) is 10.1. The smallest absolute Gasteiger partial charge is 0.346 e. The Morgan fingerprint density at radius 3 is 2.62 bits per heavy atom. The van der Waals surface area contributed by atoms with E-state index in [0.717, 1.165) is 17.8 Å². The molecule has 1 amide bonds. The molecule has 2 atom stereocenters. The van der Waals surface area contributed by atoms with E-state index in [9.17, 15) is 9.59 Å². The van der Waals surface area contributed by atoms with E-state index in [2.05, 4.69) is 5.32 Å². The second kappa shape index (κ2) is 5.33. The zero-order chi connectivity index (χ0) is 15.0. The number of carboxylic acids is 1. The van der Waals surface area contributed by atoms with Gasteiger partial charge in [-0.25, -0.2) is 4.79 Å². The number of hydrogen-bond donors (Lipinski definition) is 2. The fraction of sp³-hybridized carbons (Fsp3) is 0.250. The van der Waals surface area contributed by atoms with Gasteiger partial charge in [0.2, 0.25) is 5.91 Å². The lowest BCUT2D eigenvalue weighted by molar-refractivity contribution is -0.117. The second-order valence-electron chi connectivity index (χ2n) is 5.28. The number of carboxylic acid groups (broad SMARTS) is 1. The molecule has 2 aromatic rings. The third-order valence-corrected chi connectivity index (χ3v) is 4.85. The first-order valence-electron chi connectivity index (χ1n) is 6.76. The summed E-state index contributed by atoms with van der Waals surface area (Å²) in [4.78, 5) is 23.5. The number of amides is 1. The van der Waals surface area contributed by atoms with Crippen molar-refractivity contribution in [3.8, 4) is 0 Å². The van der Waals surface area contributed by atoms with Gasteiger partial charge >= 0.3 is 5.97 Å². The summed E-state index contributed by atoms with van der Waals surface area (Å²) in [6.07, 6.45) is 0.853. The molecule has 1 aromatic heterocycles. The standard InChI is InChI=1S/C16H15NO3S/c1-9-7-13(21-14(9)16(19)20)17-15(18)12-8-11(12)10-5-3-2-4-6-10/h2-7,11-12H,8H2,1H3,(H,17,18)(H,19,20). The third-order valence-electron chi connectivity index (χ3n) is 3.71. The lowest BCUT2D eigenvalue weighted by Crippen LogP contribution is -2.13. The van der Waals surface area contributed by atoms with Crippen molar-refractivity contribution in [1.82, 2.24) is 0 Å². The molecule has 1 aliphatic carbocycles. The van der Waals surface area contributed by atoms with Gasteiger partial charge in [0.05, 0.1) is 5.00 Å². The van der Waals surface area contributed by atoms with Crippen LogP contribution in [-0.4, -0.2) is 17.0 Å². The summed E-state index contributed by atoms with van der Waals surface area (Å²) >= 11 is 1.11. The first-order valence-corrected chi connectivity index (χ1v) is 7.57. The van der Waals surface area contributed by atoms with Crippen LogP contribution in [0.1, 0.15) is 33.1 Å². The number of anilines is 1. The highest BCUT2D eigenvalue weighted by atomic mass is 32.1. The summed E-state index contributed by atoms with van der Waals surface area (Å²) in [7, 11) is 0. The Morgan fingerprint density at radius 1 is 1.29 bits per heavy atom. The molecule has 1 aromatic carbocycles. The van der Waals surface area contributed by atoms with Gasteiger partial charge in [-0.05, 0) is 36.5 Å². The highest BCUT2D eigenvalue weighted by Crippen LogP contribution is 2.48. The number of carbonyl (C=O) groups is 2. The fourth-order valence-electron chi connectivity index (χ4n) is 2.52. The molecule has 2 N–H and O–H groups in total. The Bertz CT molecular complexity index is 693. The van der Waals surface area contributed by atoms with Crippen LogP contribution in [0.4, 0.5) is 5.00 Å². The predicted molar refractivity (Wildman–Crippen MR) is 81.9 cm³/mol. The largest absolute Gasteiger partial charge is 0.477 e. The van der Waals surface area contributed by atoms with Gasteiger partial charge in [-0.3, -0.25) is 4.79 Å². The molecular formula is C16H15NO3S. The van der Waals surface area contributed by atoms with E-state index in [4.69, 9.17) is 5.11 Å². The summed E-state index contributed by atoms with van der Waals surface area (Å²) in [5, 5.41) is 12.5. The average Bonchev–Trinajstić information content (AvgIpc) is 3.18. The molecule has 108 valence electrons. The van der Waals surface area contributed by atoms with Crippen molar-refractivity contribution in [2.75, 3.05) is 5.32 Å². The van der Waals surface area contributed by atoms with E-state index < -0.39 is 5.97 Å². The lowest BCUT2D eigenvalue weighted by Gasteiger charge is -2.02. The Labute approximate surface area is 126 Å². The molecule has 0 aliphatic heterocycles. The molecule has 0 radical (unpaired) electrons. The minimum Gasteiger partial charge on any atom is -0.477 e. The van der Waals surface area contributed by atoms with E-state index >= 15 is 0 Å². The maximum Gasteiger partial charge on any atom is 0.346 e. The highest BCUT2D eigenvalue weighted by Gasteiger charge is 2.43. The number of benzene rings is 1. The zero-order valence-corrected chi connectivity index (χ0v) is 12.3. The predicted octanol–water partition coefficient (Wildman–Crippen LogP) is 3.50. The summed E-state index contributed by atoms with van der Waals surface area (Å²) in [6, 6.07) is 11.7. The van der Waals surface area contributed by atoms with Crippen LogP contribution in [0.2, 0.25) is 0 Å². The van der Waals surface area contributed by atoms with Crippen LogP contribution >= 0.6 is 11.3 Å². The van der Waals surface area contributed by atoms with Gasteiger partial charge in [0, 0.05) is 5.92 Å². The van der Waals surface area contributed by atoms with Crippen LogP contribution in [-0.2, 0) is 4.79 Å². The summed E-state index contributed by atoms with van der Waals surface area (Å²) < 4.78 is 0. The molecule has 0 spiro atoms. The van der Waals surface area contributed by atoms with Gasteiger partial charge in [0.1, 0.15) is 4.88 Å². The summed E-state index contributed by atoms with van der Waals surface area (Å²) in [6.45, 7) is 1.74. The molecule has 2 unspecified atom stereocenters. The molecule has 1 aliphatic rings. The number of hydrogen-bond acceptors (Lipinski definition) is 3. The van der Waals surface area contributed by atoms with Crippen molar-refractivity contribution in [2.45, 2.75) is 19.3 Å². The minimum atomic E-state index is -0.952. The Kier molecular flexibility index (Phi) is 3.51. The van der Waals surface area contributed by atoms with E-state index in [1.54, 1.807) is 13.0 Å². The number of thiophene rings is 1. The number of nitrogens with one attached hydrogen (secondary N) is 1. The van der Waals surface area contributed by atoms with Crippen LogP contribution in [0, 0.1) is 12.8 Å². The Morgan fingerprint density at radius 2 is 2.00 bits per heavy atom. The van der Waals surface area contributed by atoms with Gasteiger partial charge < -0.3 is 10.4 Å². The van der Waals surface area contributed by atoms with Crippen molar-refractivity contribution in [3.63, 3.8) is 0 Å². The quantitative estimate of drug-likeness (QED) is 0.908. The molecule has 1 saturated carbocycles. The molecule has 0 saturated heterocycles. The molecule has 5 heteroatoms. The van der Waals surface area contributed by atoms with Crippen LogP contribution in [0.3, 0.4) is 0 Å². The van der Waals surface area contributed by atoms with Crippen molar-refractivity contribution in [1.29, 1.82) is 0 Å². The minimum absolute atomic E-state index is 0.0110. The van der Waals surface area contributed by atoms with Gasteiger partial charge in [-0.15, -0.1) is 11.3 Å². The maximum absolute atomic E-state index is 12.2. The van der Waals surface area contributed by atoms with Crippen LogP contribution < -0.4 is 5.32 Å². The van der Waals surface area contributed by atoms with Crippen molar-refractivity contribution in [2.24, 2.45) is 5.92 Å². The molecule has 3 rings (SSSR count). The van der Waals surface area contributed by atoms with Crippen LogP contribution in [0.25, 0.3) is 0 Å². The average molecular weight is 301 g/mol. The molecule has 1 heterocycles. The van der Waals surface area contributed by atoms with Gasteiger partial charge in [-0.1, -0.05) is 30.3 Å². The monoisotopic (exact) mass is 301 g/mol. The third kappa shape index (κ3) is 2.83. The normalized spacial score (nSPS) is 20.0. The van der Waals surface area contributed by atoms with Crippen molar-refractivity contribution < 1.29 is 14.7 Å². The SMILES string of the molecule is Cc1cc(NC(=O)C2CC2c2ccccc2)sc1C(=O)O. The topological polar surface area (TPSA) is 66.4 Å². The van der Waals surface area contributed by atoms with E-state index in [1.807, 2.05) is 30.3 Å².